The highest BCUT2D eigenvalue weighted by Crippen LogP contribution is 2.33. The fourth-order valence-electron chi connectivity index (χ4n) is 2.27. The second-order valence-corrected chi connectivity index (χ2v) is 5.07. The average Bonchev–Trinajstić information content (AvgIpc) is 2.55. The predicted octanol–water partition coefficient (Wildman–Crippen LogP) is 4.13. The Morgan fingerprint density at radius 1 is 1.00 bits per heavy atom. The van der Waals surface area contributed by atoms with Gasteiger partial charge in [0.1, 0.15) is 5.76 Å². The largest absolute Gasteiger partial charge is 0.493 e. The molecule has 5 heteroatoms. The molecule has 1 aromatic heterocycles. The molecule has 2 aromatic carbocycles. The van der Waals surface area contributed by atoms with E-state index in [9.17, 15) is 4.79 Å². The topological polar surface area (TPSA) is 48.7 Å². The molecule has 0 fully saturated rings. The summed E-state index contributed by atoms with van der Waals surface area (Å²) in [4.78, 5) is 12.2. The van der Waals surface area contributed by atoms with Crippen LogP contribution in [0, 0.1) is 0 Å². The highest BCUT2D eigenvalue weighted by Gasteiger charge is 2.12. The predicted molar refractivity (Wildman–Crippen MR) is 86.0 cm³/mol. The van der Waals surface area contributed by atoms with Crippen LogP contribution in [0.4, 0.5) is 0 Å². The zero-order chi connectivity index (χ0) is 15.7. The van der Waals surface area contributed by atoms with Crippen LogP contribution in [0.3, 0.4) is 0 Å². The monoisotopic (exact) mass is 316 g/mol. The third-order valence-electron chi connectivity index (χ3n) is 3.37. The van der Waals surface area contributed by atoms with Crippen LogP contribution in [-0.2, 0) is 0 Å². The van der Waals surface area contributed by atoms with Gasteiger partial charge in [-0.2, -0.15) is 0 Å². The minimum atomic E-state index is -0.145. The van der Waals surface area contributed by atoms with Gasteiger partial charge in [-0.05, 0) is 30.3 Å². The smallest absolute Gasteiger partial charge is 0.193 e. The van der Waals surface area contributed by atoms with Crippen LogP contribution in [0.5, 0.6) is 11.5 Å². The molecule has 0 spiro atoms. The summed E-state index contributed by atoms with van der Waals surface area (Å²) in [7, 11) is 3.11. The van der Waals surface area contributed by atoms with Crippen LogP contribution in [0.1, 0.15) is 0 Å². The lowest BCUT2D eigenvalue weighted by atomic mass is 10.1. The number of para-hydroxylation sites is 1. The second kappa shape index (κ2) is 5.73. The van der Waals surface area contributed by atoms with E-state index in [1.807, 2.05) is 0 Å². The summed E-state index contributed by atoms with van der Waals surface area (Å²) in [6, 6.07) is 11.8. The molecule has 0 atom stereocenters. The highest BCUT2D eigenvalue weighted by atomic mass is 35.5. The molecule has 3 aromatic rings. The molecule has 3 rings (SSSR count). The molecule has 0 amide bonds. The van der Waals surface area contributed by atoms with E-state index < -0.39 is 0 Å². The van der Waals surface area contributed by atoms with Crippen LogP contribution < -0.4 is 14.9 Å². The average molecular weight is 317 g/mol. The molecule has 0 aliphatic rings. The first-order valence-corrected chi connectivity index (χ1v) is 6.96. The fraction of sp³-hybridized carbons (Fsp3) is 0.118. The molecule has 0 unspecified atom stereocenters. The van der Waals surface area contributed by atoms with Crippen LogP contribution in [0.25, 0.3) is 22.3 Å². The van der Waals surface area contributed by atoms with Crippen molar-refractivity contribution in [2.45, 2.75) is 0 Å². The minimum Gasteiger partial charge on any atom is -0.493 e. The first-order chi connectivity index (χ1) is 10.6. The number of hydrogen-bond donors (Lipinski definition) is 0. The quantitative estimate of drug-likeness (QED) is 0.729. The summed E-state index contributed by atoms with van der Waals surface area (Å²) in [6.45, 7) is 0. The van der Waals surface area contributed by atoms with Gasteiger partial charge in [0.25, 0.3) is 0 Å². The Morgan fingerprint density at radius 2 is 1.77 bits per heavy atom. The SMILES string of the molecule is COc1ccc(-c2cc(=O)c3cccc(Cl)c3o2)cc1OC. The first-order valence-electron chi connectivity index (χ1n) is 6.59. The van der Waals surface area contributed by atoms with Crippen molar-refractivity contribution < 1.29 is 13.9 Å². The van der Waals surface area contributed by atoms with Crippen molar-refractivity contribution >= 4 is 22.6 Å². The van der Waals surface area contributed by atoms with E-state index in [2.05, 4.69) is 0 Å². The maximum absolute atomic E-state index is 12.2. The Kier molecular flexibility index (Phi) is 3.77. The van der Waals surface area contributed by atoms with Crippen molar-refractivity contribution in [1.82, 2.24) is 0 Å². The van der Waals surface area contributed by atoms with Gasteiger partial charge in [0, 0.05) is 11.6 Å². The number of fused-ring (bicyclic) bond motifs is 1. The Morgan fingerprint density at radius 3 is 2.50 bits per heavy atom. The molecule has 112 valence electrons. The van der Waals surface area contributed by atoms with Crippen LogP contribution >= 0.6 is 11.6 Å². The van der Waals surface area contributed by atoms with Gasteiger partial charge in [0.15, 0.2) is 22.5 Å². The van der Waals surface area contributed by atoms with E-state index in [1.54, 1.807) is 50.6 Å². The molecule has 0 bridgehead atoms. The zero-order valence-electron chi connectivity index (χ0n) is 12.1. The molecular formula is C17H13ClO4. The van der Waals surface area contributed by atoms with Crippen LogP contribution in [-0.4, -0.2) is 14.2 Å². The summed E-state index contributed by atoms with van der Waals surface area (Å²) >= 11 is 6.12. The molecule has 0 N–H and O–H groups in total. The number of hydrogen-bond acceptors (Lipinski definition) is 4. The van der Waals surface area contributed by atoms with E-state index in [1.165, 1.54) is 6.07 Å². The van der Waals surface area contributed by atoms with E-state index in [0.717, 1.165) is 0 Å². The number of rotatable bonds is 3. The van der Waals surface area contributed by atoms with Gasteiger partial charge in [-0.25, -0.2) is 0 Å². The molecule has 0 aliphatic heterocycles. The zero-order valence-corrected chi connectivity index (χ0v) is 12.8. The Balaban J connectivity index is 2.22. The molecule has 0 aliphatic carbocycles. The van der Waals surface area contributed by atoms with Gasteiger partial charge < -0.3 is 13.9 Å². The van der Waals surface area contributed by atoms with Crippen molar-refractivity contribution in [3.63, 3.8) is 0 Å². The van der Waals surface area contributed by atoms with Gasteiger partial charge in [0.2, 0.25) is 0 Å². The lowest BCUT2D eigenvalue weighted by molar-refractivity contribution is 0.355. The van der Waals surface area contributed by atoms with Crippen molar-refractivity contribution in [1.29, 1.82) is 0 Å². The van der Waals surface area contributed by atoms with Gasteiger partial charge >= 0.3 is 0 Å². The van der Waals surface area contributed by atoms with E-state index >= 15 is 0 Å². The maximum atomic E-state index is 12.2. The molecule has 0 saturated carbocycles. The third-order valence-corrected chi connectivity index (χ3v) is 3.67. The van der Waals surface area contributed by atoms with Gasteiger partial charge in [-0.15, -0.1) is 0 Å². The van der Waals surface area contributed by atoms with Crippen LogP contribution in [0.15, 0.2) is 51.7 Å². The van der Waals surface area contributed by atoms with E-state index in [0.29, 0.717) is 38.8 Å². The Labute approximate surface area is 131 Å². The van der Waals surface area contributed by atoms with Crippen molar-refractivity contribution in [3.8, 4) is 22.8 Å². The van der Waals surface area contributed by atoms with Gasteiger partial charge in [-0.1, -0.05) is 17.7 Å². The normalized spacial score (nSPS) is 10.7. The third kappa shape index (κ3) is 2.42. The highest BCUT2D eigenvalue weighted by molar-refractivity contribution is 6.34. The van der Waals surface area contributed by atoms with Crippen LogP contribution in [0.2, 0.25) is 5.02 Å². The number of halogens is 1. The molecule has 1 heterocycles. The van der Waals surface area contributed by atoms with Crippen molar-refractivity contribution in [3.05, 3.63) is 57.7 Å². The molecule has 0 radical (unpaired) electrons. The number of ether oxygens (including phenoxy) is 2. The summed E-state index contributed by atoms with van der Waals surface area (Å²) in [5, 5.41) is 0.855. The maximum Gasteiger partial charge on any atom is 0.193 e. The van der Waals surface area contributed by atoms with Crippen molar-refractivity contribution in [2.24, 2.45) is 0 Å². The lowest BCUT2D eigenvalue weighted by Gasteiger charge is -2.09. The summed E-state index contributed by atoms with van der Waals surface area (Å²) in [5.41, 5.74) is 0.937. The lowest BCUT2D eigenvalue weighted by Crippen LogP contribution is -2.00. The Bertz CT molecular complexity index is 899. The Hall–Kier alpha value is -2.46. The summed E-state index contributed by atoms with van der Waals surface area (Å²) < 4.78 is 16.3. The molecule has 4 nitrogen and oxygen atoms in total. The summed E-state index contributed by atoms with van der Waals surface area (Å²) in [5.74, 6) is 1.58. The van der Waals surface area contributed by atoms with Gasteiger partial charge in [-0.3, -0.25) is 4.79 Å². The molecular weight excluding hydrogens is 304 g/mol. The summed E-state index contributed by atoms with van der Waals surface area (Å²) in [6.07, 6.45) is 0. The molecule has 0 saturated heterocycles. The first kappa shape index (κ1) is 14.5. The fourth-order valence-corrected chi connectivity index (χ4v) is 2.49. The van der Waals surface area contributed by atoms with E-state index in [4.69, 9.17) is 25.5 Å². The molecule has 22 heavy (non-hydrogen) atoms. The van der Waals surface area contributed by atoms with Crippen molar-refractivity contribution in [2.75, 3.05) is 14.2 Å². The van der Waals surface area contributed by atoms with E-state index in [-0.39, 0.29) is 5.43 Å². The number of methoxy groups -OCH3 is 2. The van der Waals surface area contributed by atoms with Gasteiger partial charge in [0.05, 0.1) is 24.6 Å². The second-order valence-electron chi connectivity index (χ2n) is 4.66. The standard InChI is InChI=1S/C17H13ClO4/c1-20-14-7-6-10(8-16(14)21-2)15-9-13(19)11-4-3-5-12(18)17(11)22-15/h3-9H,1-2H3. The number of benzene rings is 2. The minimum absolute atomic E-state index is 0.145.